The molecule has 0 atom stereocenters. The van der Waals surface area contributed by atoms with Crippen LogP contribution in [0.15, 0.2) is 6.33 Å². The first-order valence-electron chi connectivity index (χ1n) is 3.73. The second-order valence-electron chi connectivity index (χ2n) is 2.66. The third kappa shape index (κ3) is 1.28. The second-order valence-corrected chi connectivity index (χ2v) is 2.66. The minimum atomic E-state index is -0.195. The van der Waals surface area contributed by atoms with Gasteiger partial charge in [0.2, 0.25) is 5.82 Å². The molecule has 1 aliphatic heterocycles. The van der Waals surface area contributed by atoms with Crippen LogP contribution in [0.5, 0.6) is 0 Å². The van der Waals surface area contributed by atoms with Gasteiger partial charge in [0.05, 0.1) is 6.04 Å². The molecule has 1 fully saturated rings. The van der Waals surface area contributed by atoms with Gasteiger partial charge in [-0.1, -0.05) is 0 Å². The summed E-state index contributed by atoms with van der Waals surface area (Å²) >= 11 is 0. The molecule has 6 heteroatoms. The Morgan fingerprint density at radius 2 is 2.50 bits per heavy atom. The number of aromatic nitrogens is 3. The van der Waals surface area contributed by atoms with Crippen molar-refractivity contribution in [3.63, 3.8) is 0 Å². The summed E-state index contributed by atoms with van der Waals surface area (Å²) in [7, 11) is 0. The molecular formula is C6H9N5O. The number of amides is 1. The normalized spacial score (nSPS) is 17.0. The van der Waals surface area contributed by atoms with Gasteiger partial charge < -0.3 is 10.6 Å². The summed E-state index contributed by atoms with van der Waals surface area (Å²) in [5, 5.41) is 11.9. The van der Waals surface area contributed by atoms with Gasteiger partial charge in [-0.25, -0.2) is 4.98 Å². The van der Waals surface area contributed by atoms with Crippen molar-refractivity contribution in [2.75, 3.05) is 13.1 Å². The number of aromatic amines is 1. The number of rotatable bonds is 2. The van der Waals surface area contributed by atoms with Crippen LogP contribution in [-0.2, 0) is 0 Å². The van der Waals surface area contributed by atoms with Crippen molar-refractivity contribution in [2.24, 2.45) is 0 Å². The molecule has 3 N–H and O–H groups in total. The number of hydrogen-bond acceptors (Lipinski definition) is 4. The van der Waals surface area contributed by atoms with Gasteiger partial charge in [-0.05, 0) is 0 Å². The Balaban J connectivity index is 1.92. The van der Waals surface area contributed by atoms with Crippen molar-refractivity contribution in [1.82, 2.24) is 25.8 Å². The summed E-state index contributed by atoms with van der Waals surface area (Å²) in [4.78, 5) is 15.0. The van der Waals surface area contributed by atoms with E-state index in [1.165, 1.54) is 6.33 Å². The molecule has 0 unspecified atom stereocenters. The highest BCUT2D eigenvalue weighted by atomic mass is 16.2. The summed E-state index contributed by atoms with van der Waals surface area (Å²) < 4.78 is 0. The molecule has 1 saturated heterocycles. The fourth-order valence-corrected chi connectivity index (χ4v) is 0.959. The molecule has 2 heterocycles. The highest BCUT2D eigenvalue weighted by Gasteiger charge is 2.20. The van der Waals surface area contributed by atoms with Crippen LogP contribution < -0.4 is 10.6 Å². The Labute approximate surface area is 68.8 Å². The SMILES string of the molecule is O=C(NC1CNC1)c1ncn[nH]1. The monoisotopic (exact) mass is 167 g/mol. The van der Waals surface area contributed by atoms with Crippen LogP contribution in [0.2, 0.25) is 0 Å². The highest BCUT2D eigenvalue weighted by Crippen LogP contribution is 1.93. The van der Waals surface area contributed by atoms with Gasteiger partial charge in [0.1, 0.15) is 6.33 Å². The Morgan fingerprint density at radius 3 is 3.00 bits per heavy atom. The molecule has 6 nitrogen and oxygen atoms in total. The van der Waals surface area contributed by atoms with Gasteiger partial charge in [-0.3, -0.25) is 9.89 Å². The van der Waals surface area contributed by atoms with E-state index in [9.17, 15) is 4.79 Å². The lowest BCUT2D eigenvalue weighted by atomic mass is 10.2. The van der Waals surface area contributed by atoms with Crippen LogP contribution in [0.3, 0.4) is 0 Å². The minimum absolute atomic E-state index is 0.195. The van der Waals surface area contributed by atoms with Crippen molar-refractivity contribution in [1.29, 1.82) is 0 Å². The molecule has 1 aliphatic rings. The molecule has 0 radical (unpaired) electrons. The maximum Gasteiger partial charge on any atom is 0.288 e. The van der Waals surface area contributed by atoms with E-state index in [2.05, 4.69) is 25.8 Å². The fraction of sp³-hybridized carbons (Fsp3) is 0.500. The molecule has 0 aromatic carbocycles. The zero-order valence-electron chi connectivity index (χ0n) is 6.37. The smallest absolute Gasteiger partial charge is 0.288 e. The van der Waals surface area contributed by atoms with E-state index < -0.39 is 0 Å². The largest absolute Gasteiger partial charge is 0.344 e. The molecule has 1 aromatic heterocycles. The molecular weight excluding hydrogens is 158 g/mol. The second kappa shape index (κ2) is 2.90. The van der Waals surface area contributed by atoms with E-state index >= 15 is 0 Å². The van der Waals surface area contributed by atoms with Gasteiger partial charge in [-0.15, -0.1) is 0 Å². The average Bonchev–Trinajstić information content (AvgIpc) is 2.47. The maximum absolute atomic E-state index is 11.2. The molecule has 12 heavy (non-hydrogen) atoms. The van der Waals surface area contributed by atoms with Crippen molar-refractivity contribution >= 4 is 5.91 Å². The fourth-order valence-electron chi connectivity index (χ4n) is 0.959. The van der Waals surface area contributed by atoms with Gasteiger partial charge in [-0.2, -0.15) is 5.10 Å². The molecule has 0 saturated carbocycles. The molecule has 0 aliphatic carbocycles. The maximum atomic E-state index is 11.2. The van der Waals surface area contributed by atoms with Crippen LogP contribution >= 0.6 is 0 Å². The first-order valence-corrected chi connectivity index (χ1v) is 3.73. The Kier molecular flexibility index (Phi) is 1.75. The quantitative estimate of drug-likeness (QED) is 0.501. The van der Waals surface area contributed by atoms with Gasteiger partial charge in [0, 0.05) is 13.1 Å². The lowest BCUT2D eigenvalue weighted by Gasteiger charge is -2.27. The third-order valence-electron chi connectivity index (χ3n) is 1.75. The van der Waals surface area contributed by atoms with E-state index in [-0.39, 0.29) is 17.8 Å². The molecule has 64 valence electrons. The first-order chi connectivity index (χ1) is 5.86. The number of carbonyl (C=O) groups excluding carboxylic acids is 1. The summed E-state index contributed by atoms with van der Waals surface area (Å²) in [6, 6.07) is 0.239. The van der Waals surface area contributed by atoms with Crippen LogP contribution in [0.1, 0.15) is 10.6 Å². The zero-order valence-corrected chi connectivity index (χ0v) is 6.37. The van der Waals surface area contributed by atoms with Crippen LogP contribution in [0.25, 0.3) is 0 Å². The van der Waals surface area contributed by atoms with Crippen molar-refractivity contribution in [2.45, 2.75) is 6.04 Å². The molecule has 0 spiro atoms. The molecule has 2 rings (SSSR count). The Bertz CT molecular complexity index is 265. The minimum Gasteiger partial charge on any atom is -0.344 e. The van der Waals surface area contributed by atoms with Gasteiger partial charge in [0.15, 0.2) is 0 Å². The van der Waals surface area contributed by atoms with E-state index in [1.54, 1.807) is 0 Å². The van der Waals surface area contributed by atoms with E-state index in [0.29, 0.717) is 0 Å². The predicted octanol–water partition coefficient (Wildman–Crippen LogP) is -1.49. The standard InChI is InChI=1S/C6H9N5O/c12-6(5-8-3-9-11-5)10-4-1-7-2-4/h3-4,7H,1-2H2,(H,10,12)(H,8,9,11). The summed E-state index contributed by atoms with van der Waals surface area (Å²) in [6.45, 7) is 1.67. The first kappa shape index (κ1) is 7.23. The lowest BCUT2D eigenvalue weighted by Crippen LogP contribution is -2.57. The number of nitrogens with one attached hydrogen (secondary N) is 3. The van der Waals surface area contributed by atoms with Crippen LogP contribution in [0, 0.1) is 0 Å². The zero-order chi connectivity index (χ0) is 8.39. The van der Waals surface area contributed by atoms with Gasteiger partial charge in [0.25, 0.3) is 5.91 Å². The van der Waals surface area contributed by atoms with E-state index in [4.69, 9.17) is 0 Å². The predicted molar refractivity (Wildman–Crippen MR) is 40.5 cm³/mol. The summed E-state index contributed by atoms with van der Waals surface area (Å²) in [6.07, 6.45) is 1.31. The molecule has 0 bridgehead atoms. The van der Waals surface area contributed by atoms with Crippen molar-refractivity contribution in [3.8, 4) is 0 Å². The Hall–Kier alpha value is -1.43. The molecule has 1 amide bonds. The molecule has 1 aromatic rings. The summed E-state index contributed by atoms with van der Waals surface area (Å²) in [5.41, 5.74) is 0. The van der Waals surface area contributed by atoms with Gasteiger partial charge >= 0.3 is 0 Å². The van der Waals surface area contributed by atoms with Crippen LogP contribution in [0.4, 0.5) is 0 Å². The number of carbonyl (C=O) groups is 1. The lowest BCUT2D eigenvalue weighted by molar-refractivity contribution is 0.0914. The van der Waals surface area contributed by atoms with E-state index in [1.807, 2.05) is 0 Å². The number of H-pyrrole nitrogens is 1. The van der Waals surface area contributed by atoms with E-state index in [0.717, 1.165) is 13.1 Å². The van der Waals surface area contributed by atoms with Crippen molar-refractivity contribution in [3.05, 3.63) is 12.2 Å². The highest BCUT2D eigenvalue weighted by molar-refractivity contribution is 5.90. The average molecular weight is 167 g/mol. The number of hydrogen-bond donors (Lipinski definition) is 3. The topological polar surface area (TPSA) is 82.7 Å². The van der Waals surface area contributed by atoms with Crippen LogP contribution in [-0.4, -0.2) is 40.2 Å². The third-order valence-corrected chi connectivity index (χ3v) is 1.75. The summed E-state index contributed by atoms with van der Waals surface area (Å²) in [5.74, 6) is 0.0703. The Morgan fingerprint density at radius 1 is 1.67 bits per heavy atom. The number of nitrogens with zero attached hydrogens (tertiary/aromatic N) is 2. The van der Waals surface area contributed by atoms with Crippen molar-refractivity contribution < 1.29 is 4.79 Å².